The van der Waals surface area contributed by atoms with Crippen LogP contribution in [-0.2, 0) is 0 Å². The van der Waals surface area contributed by atoms with Crippen molar-refractivity contribution in [1.82, 2.24) is 0 Å². The van der Waals surface area contributed by atoms with Crippen molar-refractivity contribution >= 4 is 30.0 Å². The summed E-state index contributed by atoms with van der Waals surface area (Å²) < 4.78 is 0. The number of hydrogen-bond acceptors (Lipinski definition) is 1. The lowest BCUT2D eigenvalue weighted by atomic mass is 10.1. The molecule has 0 unspecified atom stereocenters. The Labute approximate surface area is 195 Å². The van der Waals surface area contributed by atoms with E-state index in [4.69, 9.17) is 0 Å². The zero-order valence-corrected chi connectivity index (χ0v) is 19.9. The van der Waals surface area contributed by atoms with E-state index >= 15 is 0 Å². The molecule has 0 saturated carbocycles. The second-order valence-corrected chi connectivity index (χ2v) is 8.53. The van der Waals surface area contributed by atoms with E-state index in [-0.39, 0.29) is 0 Å². The van der Waals surface area contributed by atoms with Crippen LogP contribution in [-0.4, -0.2) is 13.1 Å². The molecule has 1 heteroatoms. The molecule has 0 radical (unpaired) electrons. The highest BCUT2D eigenvalue weighted by molar-refractivity contribution is 5.73. The third-order valence-electron chi connectivity index (χ3n) is 5.77. The third kappa shape index (κ3) is 7.57. The quantitative estimate of drug-likeness (QED) is 0.279. The van der Waals surface area contributed by atoms with Gasteiger partial charge in [0.15, 0.2) is 0 Å². The largest absolute Gasteiger partial charge is 0.372 e. The minimum atomic E-state index is 1.15. The van der Waals surface area contributed by atoms with Gasteiger partial charge in [0.05, 0.1) is 0 Å². The third-order valence-corrected chi connectivity index (χ3v) is 5.77. The number of anilines is 1. The molecule has 3 aromatic rings. The van der Waals surface area contributed by atoms with Crippen molar-refractivity contribution in [3.63, 3.8) is 0 Å². The Morgan fingerprint density at radius 1 is 0.531 bits per heavy atom. The molecule has 1 nitrogen and oxygen atoms in total. The topological polar surface area (TPSA) is 3.24 Å². The standard InChI is InChI=1S/C31H37N/c1-4-6-24-32(25-7-5-2)31-22-20-30(21-23-31)19-18-29-16-14-28(15-17-29)13-12-27-10-8-26(3)9-11-27/h8-23H,4-7,24-25H2,1-3H3/b13-12+,19-18+. The van der Waals surface area contributed by atoms with Crippen LogP contribution in [0, 0.1) is 6.92 Å². The summed E-state index contributed by atoms with van der Waals surface area (Å²) in [5.41, 5.74) is 7.53. The van der Waals surface area contributed by atoms with Crippen LogP contribution in [0.2, 0.25) is 0 Å². The number of nitrogens with zero attached hydrogens (tertiary/aromatic N) is 1. The summed E-state index contributed by atoms with van der Waals surface area (Å²) in [6, 6.07) is 26.3. The maximum Gasteiger partial charge on any atom is 0.0366 e. The highest BCUT2D eigenvalue weighted by atomic mass is 15.1. The first-order valence-electron chi connectivity index (χ1n) is 12.1. The highest BCUT2D eigenvalue weighted by Gasteiger charge is 2.05. The molecule has 0 atom stereocenters. The van der Waals surface area contributed by atoms with Crippen molar-refractivity contribution in [2.24, 2.45) is 0 Å². The second-order valence-electron chi connectivity index (χ2n) is 8.53. The van der Waals surface area contributed by atoms with Crippen molar-refractivity contribution in [2.75, 3.05) is 18.0 Å². The van der Waals surface area contributed by atoms with Gasteiger partial charge in [-0.25, -0.2) is 0 Å². The predicted octanol–water partition coefficient (Wildman–Crippen LogP) is 8.74. The lowest BCUT2D eigenvalue weighted by molar-refractivity contribution is 0.678. The summed E-state index contributed by atoms with van der Waals surface area (Å²) in [7, 11) is 0. The van der Waals surface area contributed by atoms with Crippen molar-refractivity contribution in [3.05, 3.63) is 101 Å². The first-order valence-corrected chi connectivity index (χ1v) is 12.1. The summed E-state index contributed by atoms with van der Waals surface area (Å²) in [4.78, 5) is 2.53. The first kappa shape index (κ1) is 23.6. The van der Waals surface area contributed by atoms with Gasteiger partial charge in [0.1, 0.15) is 0 Å². The van der Waals surface area contributed by atoms with Crippen LogP contribution < -0.4 is 4.90 Å². The molecule has 32 heavy (non-hydrogen) atoms. The Kier molecular flexibility index (Phi) is 9.37. The molecule has 0 saturated heterocycles. The van der Waals surface area contributed by atoms with Crippen LogP contribution in [0.4, 0.5) is 5.69 Å². The summed E-state index contributed by atoms with van der Waals surface area (Å²) in [6.07, 6.45) is 13.7. The van der Waals surface area contributed by atoms with E-state index in [0.717, 1.165) is 13.1 Å². The van der Waals surface area contributed by atoms with Crippen LogP contribution in [0.5, 0.6) is 0 Å². The van der Waals surface area contributed by atoms with E-state index in [9.17, 15) is 0 Å². The molecule has 0 aliphatic heterocycles. The summed E-state index contributed by atoms with van der Waals surface area (Å²) in [5.74, 6) is 0. The fourth-order valence-corrected chi connectivity index (χ4v) is 3.64. The van der Waals surface area contributed by atoms with Crippen LogP contribution >= 0.6 is 0 Å². The van der Waals surface area contributed by atoms with E-state index in [1.165, 1.54) is 59.2 Å². The number of rotatable bonds is 11. The maximum atomic E-state index is 2.53. The van der Waals surface area contributed by atoms with Gasteiger partial charge < -0.3 is 4.90 Å². The normalized spacial score (nSPS) is 11.5. The van der Waals surface area contributed by atoms with Gasteiger partial charge in [-0.3, -0.25) is 0 Å². The van der Waals surface area contributed by atoms with E-state index in [1.807, 2.05) is 0 Å². The predicted molar refractivity (Wildman–Crippen MR) is 144 cm³/mol. The van der Waals surface area contributed by atoms with Crippen LogP contribution in [0.25, 0.3) is 24.3 Å². The second kappa shape index (κ2) is 12.7. The highest BCUT2D eigenvalue weighted by Crippen LogP contribution is 2.19. The Morgan fingerprint density at radius 3 is 1.25 bits per heavy atom. The maximum absolute atomic E-state index is 2.53. The molecule has 0 bridgehead atoms. The minimum absolute atomic E-state index is 1.15. The molecule has 0 aliphatic rings. The minimum Gasteiger partial charge on any atom is -0.372 e. The van der Waals surface area contributed by atoms with Gasteiger partial charge in [-0.05, 0) is 54.2 Å². The van der Waals surface area contributed by atoms with Crippen LogP contribution in [0.15, 0.2) is 72.8 Å². The SMILES string of the molecule is CCCCN(CCCC)c1ccc(/C=C/c2ccc(/C=C/c3ccc(C)cc3)cc2)cc1. The van der Waals surface area contributed by atoms with E-state index in [1.54, 1.807) is 0 Å². The number of hydrogen-bond donors (Lipinski definition) is 0. The van der Waals surface area contributed by atoms with Crippen molar-refractivity contribution < 1.29 is 0 Å². The van der Waals surface area contributed by atoms with Gasteiger partial charge in [0, 0.05) is 18.8 Å². The molecule has 166 valence electrons. The molecule has 3 rings (SSSR count). The Morgan fingerprint density at radius 2 is 0.875 bits per heavy atom. The van der Waals surface area contributed by atoms with Crippen molar-refractivity contribution in [1.29, 1.82) is 0 Å². The zero-order valence-electron chi connectivity index (χ0n) is 19.9. The fraction of sp³-hybridized carbons (Fsp3) is 0.290. The Balaban J connectivity index is 1.59. The molecule has 0 aromatic heterocycles. The summed E-state index contributed by atoms with van der Waals surface area (Å²) >= 11 is 0. The molecule has 0 spiro atoms. The summed E-state index contributed by atoms with van der Waals surface area (Å²) in [5, 5.41) is 0. The molecular formula is C31H37N. The summed E-state index contributed by atoms with van der Waals surface area (Å²) in [6.45, 7) is 8.94. The van der Waals surface area contributed by atoms with Gasteiger partial charge in [-0.15, -0.1) is 0 Å². The first-order chi connectivity index (χ1) is 15.7. The average Bonchev–Trinajstić information content (AvgIpc) is 2.84. The van der Waals surface area contributed by atoms with Gasteiger partial charge in [0.2, 0.25) is 0 Å². The molecule has 0 N–H and O–H groups in total. The Bertz CT molecular complexity index is 968. The lowest BCUT2D eigenvalue weighted by Gasteiger charge is -2.24. The number of unbranched alkanes of at least 4 members (excludes halogenated alkanes) is 2. The molecular weight excluding hydrogens is 386 g/mol. The van der Waals surface area contributed by atoms with Gasteiger partial charge >= 0.3 is 0 Å². The number of benzene rings is 3. The Hall–Kier alpha value is -3.06. The molecule has 3 aromatic carbocycles. The van der Waals surface area contributed by atoms with E-state index in [0.29, 0.717) is 0 Å². The molecule has 0 fully saturated rings. The average molecular weight is 424 g/mol. The number of aryl methyl sites for hydroxylation is 1. The lowest BCUT2D eigenvalue weighted by Crippen LogP contribution is -2.25. The van der Waals surface area contributed by atoms with Gasteiger partial charge in [-0.1, -0.05) is 117 Å². The fourth-order valence-electron chi connectivity index (χ4n) is 3.64. The van der Waals surface area contributed by atoms with Crippen molar-refractivity contribution in [3.8, 4) is 0 Å². The molecule has 0 heterocycles. The van der Waals surface area contributed by atoms with E-state index < -0.39 is 0 Å². The monoisotopic (exact) mass is 423 g/mol. The van der Waals surface area contributed by atoms with Crippen molar-refractivity contribution in [2.45, 2.75) is 46.5 Å². The van der Waals surface area contributed by atoms with Gasteiger partial charge in [0.25, 0.3) is 0 Å². The van der Waals surface area contributed by atoms with Gasteiger partial charge in [-0.2, -0.15) is 0 Å². The van der Waals surface area contributed by atoms with E-state index in [2.05, 4.69) is 123 Å². The van der Waals surface area contributed by atoms with Crippen LogP contribution in [0.3, 0.4) is 0 Å². The molecule has 0 amide bonds. The van der Waals surface area contributed by atoms with Crippen LogP contribution in [0.1, 0.15) is 67.3 Å². The smallest absolute Gasteiger partial charge is 0.0366 e. The zero-order chi connectivity index (χ0) is 22.6. The molecule has 0 aliphatic carbocycles.